The lowest BCUT2D eigenvalue weighted by Crippen LogP contribution is -2.48. The predicted octanol–water partition coefficient (Wildman–Crippen LogP) is 3.74. The molecule has 6 rings (SSSR count). The maximum absolute atomic E-state index is 12.9. The molecule has 5 aliphatic rings. The Hall–Kier alpha value is -1.39. The molecule has 1 amide bonds. The van der Waals surface area contributed by atoms with E-state index in [9.17, 15) is 4.79 Å². The first kappa shape index (κ1) is 18.6. The Morgan fingerprint density at radius 3 is 2.25 bits per heavy atom. The van der Waals surface area contributed by atoms with Crippen molar-refractivity contribution in [3.05, 3.63) is 35.4 Å². The van der Waals surface area contributed by atoms with E-state index < -0.39 is 0 Å². The molecule has 4 bridgehead atoms. The molecule has 4 aliphatic carbocycles. The zero-order valence-corrected chi connectivity index (χ0v) is 17.0. The molecule has 4 heteroatoms. The van der Waals surface area contributed by atoms with Crippen LogP contribution in [0.3, 0.4) is 0 Å². The first-order chi connectivity index (χ1) is 13.7. The number of rotatable bonds is 6. The SMILES string of the molecule is O=C(CC12CC3CC(CC(C3)C1)C2)NCc1ccccc1CN1CCOCC1. The highest BCUT2D eigenvalue weighted by Crippen LogP contribution is 2.61. The Balaban J connectivity index is 1.18. The van der Waals surface area contributed by atoms with Crippen LogP contribution in [0.15, 0.2) is 24.3 Å². The van der Waals surface area contributed by atoms with Gasteiger partial charge >= 0.3 is 0 Å². The number of nitrogens with zero attached hydrogens (tertiary/aromatic N) is 1. The molecule has 0 spiro atoms. The van der Waals surface area contributed by atoms with Crippen LogP contribution < -0.4 is 5.32 Å². The second-order valence-electron chi connectivity index (χ2n) is 10.0. The first-order valence-electron chi connectivity index (χ1n) is 11.3. The van der Waals surface area contributed by atoms with E-state index in [2.05, 4.69) is 34.5 Å². The Morgan fingerprint density at radius 1 is 1.00 bits per heavy atom. The Kier molecular flexibility index (Phi) is 5.18. The number of carbonyl (C=O) groups excluding carboxylic acids is 1. The first-order valence-corrected chi connectivity index (χ1v) is 11.3. The summed E-state index contributed by atoms with van der Waals surface area (Å²) < 4.78 is 5.46. The molecule has 1 N–H and O–H groups in total. The van der Waals surface area contributed by atoms with Crippen LogP contribution in [-0.2, 0) is 22.6 Å². The third-order valence-corrected chi connectivity index (χ3v) is 7.79. The lowest BCUT2D eigenvalue weighted by molar-refractivity contribution is -0.129. The highest BCUT2D eigenvalue weighted by atomic mass is 16.5. The van der Waals surface area contributed by atoms with Crippen molar-refractivity contribution in [3.63, 3.8) is 0 Å². The smallest absolute Gasteiger partial charge is 0.220 e. The number of hydrogen-bond acceptors (Lipinski definition) is 3. The van der Waals surface area contributed by atoms with E-state index in [1.165, 1.54) is 49.7 Å². The van der Waals surface area contributed by atoms with Gasteiger partial charge in [0.1, 0.15) is 0 Å². The van der Waals surface area contributed by atoms with Crippen LogP contribution in [0, 0.1) is 23.2 Å². The zero-order chi connectivity index (χ0) is 19.0. The number of nitrogens with one attached hydrogen (secondary N) is 1. The van der Waals surface area contributed by atoms with E-state index in [4.69, 9.17) is 4.74 Å². The van der Waals surface area contributed by atoms with Crippen molar-refractivity contribution in [1.82, 2.24) is 10.2 Å². The summed E-state index contributed by atoms with van der Waals surface area (Å²) in [5.41, 5.74) is 2.92. The standard InChI is InChI=1S/C24H34N2O2/c27-23(15-24-12-18-9-19(13-24)11-20(10-18)14-24)25-16-21-3-1-2-4-22(21)17-26-5-7-28-8-6-26/h1-4,18-20H,5-17H2,(H,25,27). The molecule has 1 aromatic carbocycles. The minimum atomic E-state index is 0.267. The summed E-state index contributed by atoms with van der Waals surface area (Å²) in [6, 6.07) is 8.57. The monoisotopic (exact) mass is 382 g/mol. The molecule has 4 nitrogen and oxygen atoms in total. The van der Waals surface area contributed by atoms with Crippen LogP contribution in [0.5, 0.6) is 0 Å². The van der Waals surface area contributed by atoms with Crippen molar-refractivity contribution in [3.8, 4) is 0 Å². The summed E-state index contributed by atoms with van der Waals surface area (Å²) in [6.45, 7) is 5.24. The minimum Gasteiger partial charge on any atom is -0.379 e. The van der Waals surface area contributed by atoms with Gasteiger partial charge in [0.05, 0.1) is 13.2 Å². The van der Waals surface area contributed by atoms with Crippen LogP contribution in [0.4, 0.5) is 0 Å². The van der Waals surface area contributed by atoms with Crippen molar-refractivity contribution in [2.24, 2.45) is 23.2 Å². The molecule has 0 aromatic heterocycles. The fraction of sp³-hybridized carbons (Fsp3) is 0.708. The topological polar surface area (TPSA) is 41.6 Å². The number of morpholine rings is 1. The normalized spacial score (nSPS) is 34.5. The van der Waals surface area contributed by atoms with Crippen molar-refractivity contribution in [1.29, 1.82) is 0 Å². The van der Waals surface area contributed by atoms with E-state index in [0.29, 0.717) is 12.0 Å². The van der Waals surface area contributed by atoms with Crippen molar-refractivity contribution in [2.45, 2.75) is 58.0 Å². The molecular weight excluding hydrogens is 348 g/mol. The predicted molar refractivity (Wildman–Crippen MR) is 110 cm³/mol. The Morgan fingerprint density at radius 2 is 1.61 bits per heavy atom. The molecule has 152 valence electrons. The number of carbonyl (C=O) groups is 1. The summed E-state index contributed by atoms with van der Waals surface area (Å²) >= 11 is 0. The summed E-state index contributed by atoms with van der Waals surface area (Å²) in [6.07, 6.45) is 8.99. The molecule has 0 atom stereocenters. The molecule has 1 aromatic rings. The van der Waals surface area contributed by atoms with E-state index in [1.54, 1.807) is 0 Å². The molecule has 28 heavy (non-hydrogen) atoms. The quantitative estimate of drug-likeness (QED) is 0.815. The largest absolute Gasteiger partial charge is 0.379 e. The average Bonchev–Trinajstić information content (AvgIpc) is 2.67. The average molecular weight is 383 g/mol. The number of benzene rings is 1. The van der Waals surface area contributed by atoms with Crippen molar-refractivity contribution >= 4 is 5.91 Å². The Bertz CT molecular complexity index is 675. The van der Waals surface area contributed by atoms with E-state index in [0.717, 1.165) is 57.0 Å². The fourth-order valence-corrected chi connectivity index (χ4v) is 6.99. The van der Waals surface area contributed by atoms with E-state index in [1.807, 2.05) is 0 Å². The molecule has 0 unspecified atom stereocenters. The van der Waals surface area contributed by atoms with Gasteiger partial charge in [-0.2, -0.15) is 0 Å². The van der Waals surface area contributed by atoms with Crippen molar-refractivity contribution in [2.75, 3.05) is 26.3 Å². The molecule has 4 saturated carbocycles. The number of ether oxygens (including phenoxy) is 1. The van der Waals surface area contributed by atoms with Gasteiger partial charge in [-0.3, -0.25) is 9.69 Å². The molecule has 1 aliphatic heterocycles. The highest BCUT2D eigenvalue weighted by molar-refractivity contribution is 5.76. The van der Waals surface area contributed by atoms with Gasteiger partial charge in [0.15, 0.2) is 0 Å². The van der Waals surface area contributed by atoms with Gasteiger partial charge in [-0.05, 0) is 72.8 Å². The molecule has 5 fully saturated rings. The van der Waals surface area contributed by atoms with Crippen molar-refractivity contribution < 1.29 is 9.53 Å². The maximum Gasteiger partial charge on any atom is 0.220 e. The lowest BCUT2D eigenvalue weighted by Gasteiger charge is -2.56. The zero-order valence-electron chi connectivity index (χ0n) is 17.0. The summed E-state index contributed by atoms with van der Waals surface area (Å²) in [5, 5.41) is 3.27. The van der Waals surface area contributed by atoms with Gasteiger partial charge < -0.3 is 10.1 Å². The Labute approximate surface area is 169 Å². The molecule has 1 heterocycles. The lowest BCUT2D eigenvalue weighted by atomic mass is 9.49. The maximum atomic E-state index is 12.9. The molecule has 0 radical (unpaired) electrons. The van der Waals surface area contributed by atoms with Crippen LogP contribution in [0.25, 0.3) is 0 Å². The van der Waals surface area contributed by atoms with Gasteiger partial charge in [-0.15, -0.1) is 0 Å². The van der Waals surface area contributed by atoms with E-state index >= 15 is 0 Å². The summed E-state index contributed by atoms with van der Waals surface area (Å²) in [4.78, 5) is 15.3. The van der Waals surface area contributed by atoms with Crippen LogP contribution in [0.2, 0.25) is 0 Å². The van der Waals surface area contributed by atoms with Gasteiger partial charge in [0.25, 0.3) is 0 Å². The van der Waals surface area contributed by atoms with Crippen LogP contribution >= 0.6 is 0 Å². The third-order valence-electron chi connectivity index (χ3n) is 7.79. The number of hydrogen-bond donors (Lipinski definition) is 1. The van der Waals surface area contributed by atoms with Crippen LogP contribution in [-0.4, -0.2) is 37.1 Å². The van der Waals surface area contributed by atoms with Gasteiger partial charge in [-0.1, -0.05) is 24.3 Å². The fourth-order valence-electron chi connectivity index (χ4n) is 6.99. The molecule has 1 saturated heterocycles. The van der Waals surface area contributed by atoms with Gasteiger partial charge in [-0.25, -0.2) is 0 Å². The van der Waals surface area contributed by atoms with Crippen LogP contribution in [0.1, 0.15) is 56.1 Å². The van der Waals surface area contributed by atoms with E-state index in [-0.39, 0.29) is 5.91 Å². The summed E-state index contributed by atoms with van der Waals surface area (Å²) in [7, 11) is 0. The van der Waals surface area contributed by atoms with Gasteiger partial charge in [0.2, 0.25) is 5.91 Å². The number of amides is 1. The summed E-state index contributed by atoms with van der Waals surface area (Å²) in [5.74, 6) is 3.00. The minimum absolute atomic E-state index is 0.267. The highest BCUT2D eigenvalue weighted by Gasteiger charge is 2.51. The second kappa shape index (κ2) is 7.79. The third kappa shape index (κ3) is 3.99. The van der Waals surface area contributed by atoms with Gasteiger partial charge in [0, 0.05) is 32.6 Å². The molecular formula is C24H34N2O2. The second-order valence-corrected chi connectivity index (χ2v) is 10.0.